The van der Waals surface area contributed by atoms with E-state index >= 15 is 0 Å². The van der Waals surface area contributed by atoms with Crippen molar-refractivity contribution in [3.8, 4) is 0 Å². The Bertz CT molecular complexity index is 155. The van der Waals surface area contributed by atoms with E-state index in [2.05, 4.69) is 23.9 Å². The molecular formula is C11H23NO2. The molecule has 0 radical (unpaired) electrons. The van der Waals surface area contributed by atoms with Gasteiger partial charge in [-0.15, -0.1) is 0 Å². The molecule has 0 aliphatic carbocycles. The van der Waals surface area contributed by atoms with Gasteiger partial charge < -0.3 is 10.1 Å². The van der Waals surface area contributed by atoms with Crippen molar-refractivity contribution in [1.29, 1.82) is 0 Å². The van der Waals surface area contributed by atoms with Crippen molar-refractivity contribution in [2.45, 2.75) is 33.6 Å². The Morgan fingerprint density at radius 1 is 1.29 bits per heavy atom. The van der Waals surface area contributed by atoms with Gasteiger partial charge in [0.15, 0.2) is 0 Å². The highest BCUT2D eigenvalue weighted by atomic mass is 16.5. The number of esters is 1. The Morgan fingerprint density at radius 2 is 1.86 bits per heavy atom. The summed E-state index contributed by atoms with van der Waals surface area (Å²) in [6.45, 7) is 7.97. The molecule has 0 aromatic carbocycles. The minimum absolute atomic E-state index is 0.0469. The van der Waals surface area contributed by atoms with Crippen LogP contribution in [0.4, 0.5) is 0 Å². The standard InChI is InChI=1S/C11H23NO2/c1-5-10(6-2)8-12-7-9(3)11(13)14-4/h9-10,12H,5-8H2,1-4H3. The van der Waals surface area contributed by atoms with Crippen molar-refractivity contribution in [3.05, 3.63) is 0 Å². The maximum absolute atomic E-state index is 11.1. The molecule has 3 nitrogen and oxygen atoms in total. The van der Waals surface area contributed by atoms with E-state index < -0.39 is 0 Å². The SMILES string of the molecule is CCC(CC)CNCC(C)C(=O)OC. The lowest BCUT2D eigenvalue weighted by atomic mass is 10.0. The monoisotopic (exact) mass is 201 g/mol. The minimum Gasteiger partial charge on any atom is -0.469 e. The van der Waals surface area contributed by atoms with Crippen LogP contribution in [0.3, 0.4) is 0 Å². The first-order valence-electron chi connectivity index (χ1n) is 5.44. The van der Waals surface area contributed by atoms with E-state index in [0.717, 1.165) is 12.5 Å². The van der Waals surface area contributed by atoms with Crippen LogP contribution in [-0.4, -0.2) is 26.2 Å². The summed E-state index contributed by atoms with van der Waals surface area (Å²) < 4.78 is 4.64. The van der Waals surface area contributed by atoms with Gasteiger partial charge in [-0.25, -0.2) is 0 Å². The van der Waals surface area contributed by atoms with E-state index in [-0.39, 0.29) is 11.9 Å². The summed E-state index contributed by atoms with van der Waals surface area (Å²) in [5, 5.41) is 3.30. The molecule has 0 spiro atoms. The molecule has 84 valence electrons. The second-order valence-electron chi connectivity index (χ2n) is 3.76. The number of ether oxygens (including phenoxy) is 1. The number of methoxy groups -OCH3 is 1. The van der Waals surface area contributed by atoms with E-state index in [4.69, 9.17) is 0 Å². The van der Waals surface area contributed by atoms with Crippen LogP contribution in [0.1, 0.15) is 33.6 Å². The molecule has 0 amide bonds. The van der Waals surface area contributed by atoms with E-state index in [1.165, 1.54) is 20.0 Å². The van der Waals surface area contributed by atoms with Gasteiger partial charge in [-0.2, -0.15) is 0 Å². The van der Waals surface area contributed by atoms with Gasteiger partial charge in [0.2, 0.25) is 0 Å². The van der Waals surface area contributed by atoms with E-state index in [9.17, 15) is 4.79 Å². The first-order chi connectivity index (χ1) is 6.65. The second-order valence-corrected chi connectivity index (χ2v) is 3.76. The second kappa shape index (κ2) is 7.80. The highest BCUT2D eigenvalue weighted by molar-refractivity contribution is 5.71. The van der Waals surface area contributed by atoms with Crippen LogP contribution in [0.25, 0.3) is 0 Å². The fourth-order valence-corrected chi connectivity index (χ4v) is 1.37. The molecule has 0 bridgehead atoms. The van der Waals surface area contributed by atoms with Gasteiger partial charge in [-0.1, -0.05) is 33.6 Å². The van der Waals surface area contributed by atoms with E-state index in [1.54, 1.807) is 0 Å². The van der Waals surface area contributed by atoms with Crippen LogP contribution in [0.5, 0.6) is 0 Å². The molecule has 0 aliphatic rings. The fourth-order valence-electron chi connectivity index (χ4n) is 1.37. The number of hydrogen-bond acceptors (Lipinski definition) is 3. The first kappa shape index (κ1) is 13.4. The van der Waals surface area contributed by atoms with Crippen LogP contribution >= 0.6 is 0 Å². The molecule has 14 heavy (non-hydrogen) atoms. The summed E-state index contributed by atoms with van der Waals surface area (Å²) in [5.74, 6) is 0.538. The molecule has 1 atom stereocenters. The molecule has 1 unspecified atom stereocenters. The Hall–Kier alpha value is -0.570. The molecule has 0 rings (SSSR count). The quantitative estimate of drug-likeness (QED) is 0.639. The molecule has 0 saturated heterocycles. The third-order valence-corrected chi connectivity index (χ3v) is 2.64. The Labute approximate surface area is 87.2 Å². The van der Waals surface area contributed by atoms with Crippen molar-refractivity contribution in [2.24, 2.45) is 11.8 Å². The maximum atomic E-state index is 11.1. The predicted octanol–water partition coefficient (Wildman–Crippen LogP) is 1.82. The molecular weight excluding hydrogens is 178 g/mol. The topological polar surface area (TPSA) is 38.3 Å². The van der Waals surface area contributed by atoms with Gasteiger partial charge in [0.05, 0.1) is 13.0 Å². The number of nitrogens with one attached hydrogen (secondary N) is 1. The number of carbonyl (C=O) groups is 1. The van der Waals surface area contributed by atoms with Gasteiger partial charge in [0.25, 0.3) is 0 Å². The average molecular weight is 201 g/mol. The molecule has 0 fully saturated rings. The van der Waals surface area contributed by atoms with E-state index in [1.807, 2.05) is 6.92 Å². The highest BCUT2D eigenvalue weighted by Gasteiger charge is 2.12. The average Bonchev–Trinajstić information content (AvgIpc) is 2.22. The minimum atomic E-state index is -0.137. The maximum Gasteiger partial charge on any atom is 0.309 e. The normalized spacial score (nSPS) is 12.9. The number of rotatable bonds is 7. The lowest BCUT2D eigenvalue weighted by Crippen LogP contribution is -2.30. The Balaban J connectivity index is 3.57. The molecule has 0 aliphatic heterocycles. The molecule has 1 N–H and O–H groups in total. The van der Waals surface area contributed by atoms with Crippen LogP contribution in [0, 0.1) is 11.8 Å². The van der Waals surface area contributed by atoms with Crippen LogP contribution in [0.2, 0.25) is 0 Å². The molecule has 0 aromatic rings. The predicted molar refractivity (Wildman–Crippen MR) is 58.1 cm³/mol. The summed E-state index contributed by atoms with van der Waals surface area (Å²) >= 11 is 0. The van der Waals surface area contributed by atoms with Crippen molar-refractivity contribution >= 4 is 5.97 Å². The van der Waals surface area contributed by atoms with Crippen LogP contribution in [0.15, 0.2) is 0 Å². The third kappa shape index (κ3) is 5.22. The van der Waals surface area contributed by atoms with Gasteiger partial charge in [-0.3, -0.25) is 4.79 Å². The summed E-state index contributed by atoms with van der Waals surface area (Å²) in [5.41, 5.74) is 0. The summed E-state index contributed by atoms with van der Waals surface area (Å²) in [6.07, 6.45) is 2.38. The van der Waals surface area contributed by atoms with Crippen LogP contribution < -0.4 is 5.32 Å². The van der Waals surface area contributed by atoms with Crippen LogP contribution in [-0.2, 0) is 9.53 Å². The number of carbonyl (C=O) groups excluding carboxylic acids is 1. The lowest BCUT2D eigenvalue weighted by molar-refractivity contribution is -0.144. The largest absolute Gasteiger partial charge is 0.469 e. The molecule has 0 saturated carbocycles. The number of hydrogen-bond donors (Lipinski definition) is 1. The summed E-state index contributed by atoms with van der Waals surface area (Å²) in [6, 6.07) is 0. The zero-order valence-corrected chi connectivity index (χ0v) is 9.80. The smallest absolute Gasteiger partial charge is 0.309 e. The molecule has 0 heterocycles. The Kier molecular flexibility index (Phi) is 7.48. The van der Waals surface area contributed by atoms with Crippen molar-refractivity contribution in [2.75, 3.05) is 20.2 Å². The molecule has 3 heteroatoms. The zero-order chi connectivity index (χ0) is 11.0. The van der Waals surface area contributed by atoms with Crippen molar-refractivity contribution in [3.63, 3.8) is 0 Å². The lowest BCUT2D eigenvalue weighted by Gasteiger charge is -2.15. The van der Waals surface area contributed by atoms with Gasteiger partial charge >= 0.3 is 5.97 Å². The summed E-state index contributed by atoms with van der Waals surface area (Å²) in [7, 11) is 1.43. The van der Waals surface area contributed by atoms with Crippen molar-refractivity contribution < 1.29 is 9.53 Å². The van der Waals surface area contributed by atoms with Crippen molar-refractivity contribution in [1.82, 2.24) is 5.32 Å². The first-order valence-corrected chi connectivity index (χ1v) is 5.44. The Morgan fingerprint density at radius 3 is 2.29 bits per heavy atom. The van der Waals surface area contributed by atoms with Gasteiger partial charge in [0.1, 0.15) is 0 Å². The fraction of sp³-hybridized carbons (Fsp3) is 0.909. The highest BCUT2D eigenvalue weighted by Crippen LogP contribution is 2.05. The van der Waals surface area contributed by atoms with E-state index in [0.29, 0.717) is 6.54 Å². The van der Waals surface area contributed by atoms with Gasteiger partial charge in [0, 0.05) is 6.54 Å². The van der Waals surface area contributed by atoms with Gasteiger partial charge in [-0.05, 0) is 12.5 Å². The zero-order valence-electron chi connectivity index (χ0n) is 9.80. The summed E-state index contributed by atoms with van der Waals surface area (Å²) in [4.78, 5) is 11.1. The molecule has 0 aromatic heterocycles. The third-order valence-electron chi connectivity index (χ3n) is 2.64.